The SMILES string of the molecule is COC(=O)C(Cc1ccc(OC(c2ccccc2)c2cn[nH]c2C)cc1)C(C)=NOCc1ccccc1. The maximum absolute atomic E-state index is 12.5. The zero-order valence-electron chi connectivity index (χ0n) is 21.3. The molecule has 3 aromatic carbocycles. The molecule has 7 heteroatoms. The van der Waals surface area contributed by atoms with E-state index in [1.165, 1.54) is 7.11 Å². The largest absolute Gasteiger partial charge is 0.481 e. The number of oxime groups is 1. The quantitative estimate of drug-likeness (QED) is 0.161. The summed E-state index contributed by atoms with van der Waals surface area (Å²) in [7, 11) is 1.38. The Morgan fingerprint density at radius 2 is 1.62 bits per heavy atom. The van der Waals surface area contributed by atoms with Gasteiger partial charge >= 0.3 is 5.97 Å². The van der Waals surface area contributed by atoms with Crippen LogP contribution in [0.1, 0.15) is 41.0 Å². The summed E-state index contributed by atoms with van der Waals surface area (Å²) >= 11 is 0. The number of hydrogen-bond acceptors (Lipinski definition) is 6. The molecule has 0 spiro atoms. The van der Waals surface area contributed by atoms with Gasteiger partial charge in [-0.2, -0.15) is 5.10 Å². The Balaban J connectivity index is 1.46. The van der Waals surface area contributed by atoms with Crippen LogP contribution < -0.4 is 4.74 Å². The number of benzene rings is 3. The van der Waals surface area contributed by atoms with E-state index in [4.69, 9.17) is 14.3 Å². The van der Waals surface area contributed by atoms with Gasteiger partial charge in [0.15, 0.2) is 6.10 Å². The number of esters is 1. The van der Waals surface area contributed by atoms with Crippen molar-refractivity contribution in [1.29, 1.82) is 0 Å². The van der Waals surface area contributed by atoms with E-state index >= 15 is 0 Å². The summed E-state index contributed by atoms with van der Waals surface area (Å²) in [5.41, 5.74) is 5.48. The van der Waals surface area contributed by atoms with Gasteiger partial charge in [0.2, 0.25) is 0 Å². The van der Waals surface area contributed by atoms with Crippen LogP contribution in [0.4, 0.5) is 0 Å². The molecule has 0 amide bonds. The fourth-order valence-electron chi connectivity index (χ4n) is 4.03. The average molecular weight is 498 g/mol. The second-order valence-electron chi connectivity index (χ2n) is 8.77. The van der Waals surface area contributed by atoms with Gasteiger partial charge in [0.05, 0.1) is 19.0 Å². The summed E-state index contributed by atoms with van der Waals surface area (Å²) in [6.45, 7) is 4.09. The number of H-pyrrole nitrogens is 1. The number of nitrogens with one attached hydrogen (secondary N) is 1. The lowest BCUT2D eigenvalue weighted by atomic mass is 9.95. The molecular weight excluding hydrogens is 466 g/mol. The normalized spacial score (nSPS) is 13.0. The molecule has 1 heterocycles. The van der Waals surface area contributed by atoms with Crippen molar-refractivity contribution in [3.8, 4) is 5.75 Å². The Hall–Kier alpha value is -4.39. The fraction of sp³-hybridized carbons (Fsp3) is 0.233. The van der Waals surface area contributed by atoms with Gasteiger partial charge < -0.3 is 14.3 Å². The first-order chi connectivity index (χ1) is 18.0. The minimum atomic E-state index is -0.557. The number of ether oxygens (including phenoxy) is 2. The minimum Gasteiger partial charge on any atom is -0.481 e. The number of aryl methyl sites for hydroxylation is 1. The Bertz CT molecular complexity index is 1300. The summed E-state index contributed by atoms with van der Waals surface area (Å²) in [5, 5.41) is 11.4. The molecule has 0 fully saturated rings. The van der Waals surface area contributed by atoms with Crippen LogP contribution in [-0.4, -0.2) is 29.0 Å². The molecule has 0 aliphatic heterocycles. The number of rotatable bonds is 11. The highest BCUT2D eigenvalue weighted by Gasteiger charge is 2.24. The molecule has 2 unspecified atom stereocenters. The van der Waals surface area contributed by atoms with Crippen LogP contribution in [0.2, 0.25) is 0 Å². The first-order valence-corrected chi connectivity index (χ1v) is 12.1. The van der Waals surface area contributed by atoms with Crippen molar-refractivity contribution >= 4 is 11.7 Å². The number of methoxy groups -OCH3 is 1. The molecule has 2 atom stereocenters. The highest BCUT2D eigenvalue weighted by molar-refractivity contribution is 6.00. The topological polar surface area (TPSA) is 85.8 Å². The molecule has 0 aliphatic rings. The van der Waals surface area contributed by atoms with Gasteiger partial charge in [-0.1, -0.05) is 78.0 Å². The van der Waals surface area contributed by atoms with Gasteiger partial charge in [-0.05, 0) is 49.1 Å². The van der Waals surface area contributed by atoms with Crippen molar-refractivity contribution in [3.63, 3.8) is 0 Å². The third-order valence-electron chi connectivity index (χ3n) is 6.14. The average Bonchev–Trinajstić information content (AvgIpc) is 3.37. The standard InChI is InChI=1S/C30H31N3O4/c1-21-28(19-31-32-21)29(25-12-8-5-9-13-25)37-26-16-14-23(15-17-26)18-27(30(34)35-3)22(2)33-36-20-24-10-6-4-7-11-24/h4-17,19,27,29H,18,20H2,1-3H3,(H,31,32). The van der Waals surface area contributed by atoms with Crippen LogP contribution in [0.5, 0.6) is 5.75 Å². The maximum atomic E-state index is 12.5. The number of carbonyl (C=O) groups is 1. The predicted molar refractivity (Wildman–Crippen MR) is 142 cm³/mol. The van der Waals surface area contributed by atoms with Gasteiger partial charge in [-0.15, -0.1) is 0 Å². The minimum absolute atomic E-state index is 0.301. The molecule has 0 saturated heterocycles. The summed E-state index contributed by atoms with van der Waals surface area (Å²) in [6, 6.07) is 27.5. The molecule has 0 aliphatic carbocycles. The third kappa shape index (κ3) is 6.85. The van der Waals surface area contributed by atoms with E-state index in [9.17, 15) is 4.79 Å². The number of aromatic nitrogens is 2. The fourth-order valence-corrected chi connectivity index (χ4v) is 4.03. The third-order valence-corrected chi connectivity index (χ3v) is 6.14. The summed E-state index contributed by atoms with van der Waals surface area (Å²) < 4.78 is 11.4. The molecule has 4 aromatic rings. The van der Waals surface area contributed by atoms with Crippen LogP contribution in [0.3, 0.4) is 0 Å². The van der Waals surface area contributed by atoms with E-state index in [-0.39, 0.29) is 12.1 Å². The Labute approximate surface area is 217 Å². The van der Waals surface area contributed by atoms with Crippen LogP contribution in [0.25, 0.3) is 0 Å². The van der Waals surface area contributed by atoms with Gasteiger partial charge in [0, 0.05) is 11.3 Å². The van der Waals surface area contributed by atoms with Crippen molar-refractivity contribution in [2.75, 3.05) is 7.11 Å². The van der Waals surface area contributed by atoms with Gasteiger partial charge in [-0.3, -0.25) is 9.89 Å². The van der Waals surface area contributed by atoms with E-state index in [1.807, 2.05) is 91.9 Å². The summed E-state index contributed by atoms with van der Waals surface area (Å²) in [4.78, 5) is 18.0. The zero-order valence-corrected chi connectivity index (χ0v) is 21.3. The maximum Gasteiger partial charge on any atom is 0.314 e. The Kier molecular flexibility index (Phi) is 8.70. The smallest absolute Gasteiger partial charge is 0.314 e. The van der Waals surface area contributed by atoms with Crippen LogP contribution in [0, 0.1) is 12.8 Å². The van der Waals surface area contributed by atoms with E-state index in [2.05, 4.69) is 15.4 Å². The number of carbonyl (C=O) groups excluding carboxylic acids is 1. The van der Waals surface area contributed by atoms with Crippen molar-refractivity contribution in [2.24, 2.45) is 11.1 Å². The Morgan fingerprint density at radius 3 is 2.24 bits per heavy atom. The van der Waals surface area contributed by atoms with Gasteiger partial charge in [0.25, 0.3) is 0 Å². The molecule has 4 rings (SSSR count). The molecule has 0 radical (unpaired) electrons. The molecule has 1 N–H and O–H groups in total. The van der Waals surface area contributed by atoms with Crippen molar-refractivity contribution in [1.82, 2.24) is 10.2 Å². The summed E-state index contributed by atoms with van der Waals surface area (Å²) in [6.07, 6.45) is 1.93. The monoisotopic (exact) mass is 497 g/mol. The van der Waals surface area contributed by atoms with Crippen molar-refractivity contribution in [2.45, 2.75) is 33.0 Å². The molecule has 0 saturated carbocycles. The van der Waals surface area contributed by atoms with E-state index < -0.39 is 5.92 Å². The molecule has 7 nitrogen and oxygen atoms in total. The molecule has 1 aromatic heterocycles. The first-order valence-electron chi connectivity index (χ1n) is 12.1. The highest BCUT2D eigenvalue weighted by Crippen LogP contribution is 2.30. The molecule has 0 bridgehead atoms. The van der Waals surface area contributed by atoms with Crippen LogP contribution >= 0.6 is 0 Å². The lowest BCUT2D eigenvalue weighted by Gasteiger charge is -2.20. The summed E-state index contributed by atoms with van der Waals surface area (Å²) in [5.74, 6) is -0.202. The molecule has 37 heavy (non-hydrogen) atoms. The molecule has 190 valence electrons. The lowest BCUT2D eigenvalue weighted by Crippen LogP contribution is -2.26. The van der Waals surface area contributed by atoms with Crippen molar-refractivity contribution < 1.29 is 19.1 Å². The van der Waals surface area contributed by atoms with E-state index in [1.54, 1.807) is 13.1 Å². The number of aromatic amines is 1. The predicted octanol–water partition coefficient (Wildman–Crippen LogP) is 5.81. The zero-order chi connectivity index (χ0) is 26.0. The van der Waals surface area contributed by atoms with Gasteiger partial charge in [-0.25, -0.2) is 0 Å². The molecular formula is C30H31N3O4. The van der Waals surface area contributed by atoms with Crippen molar-refractivity contribution in [3.05, 3.63) is 119 Å². The number of nitrogens with zero attached hydrogens (tertiary/aromatic N) is 2. The van der Waals surface area contributed by atoms with Crippen LogP contribution in [0.15, 0.2) is 96.3 Å². The van der Waals surface area contributed by atoms with Gasteiger partial charge in [0.1, 0.15) is 18.3 Å². The lowest BCUT2D eigenvalue weighted by molar-refractivity contribution is -0.143. The highest BCUT2D eigenvalue weighted by atomic mass is 16.6. The van der Waals surface area contributed by atoms with Crippen LogP contribution in [-0.2, 0) is 27.4 Å². The second kappa shape index (κ2) is 12.5. The van der Waals surface area contributed by atoms with E-state index in [0.29, 0.717) is 24.5 Å². The Morgan fingerprint density at radius 1 is 0.946 bits per heavy atom. The number of hydrogen-bond donors (Lipinski definition) is 1. The van der Waals surface area contributed by atoms with E-state index in [0.717, 1.165) is 27.9 Å². The first kappa shape index (κ1) is 25.7. The second-order valence-corrected chi connectivity index (χ2v) is 8.77.